The molecule has 24 heteroatoms. The third-order valence-electron chi connectivity index (χ3n) is 28.0. The first-order valence-electron chi connectivity index (χ1n) is 52.0. The number of phosphoric ester groups is 1. The number of carbonyl (C=O) groups excluding carboxylic acids is 5. The maximum Gasteiger partial charge on any atom is 0.475 e. The number of amides is 1. The Bertz CT molecular complexity index is 3410. The fraction of sp³-hybridized carbons (Fsp3) is 0.838. The molecule has 9 unspecified atom stereocenters. The Hall–Kier alpha value is -4.77. The van der Waals surface area contributed by atoms with Gasteiger partial charge in [-0.05, 0) is 89.7 Å². The number of phosphoric acid groups is 1. The van der Waals surface area contributed by atoms with Crippen molar-refractivity contribution in [3.8, 4) is 0 Å². The monoisotopic (exact) mass is 1850 g/mol. The molecule has 0 spiro atoms. The smallest absolute Gasteiger partial charge is 0.461 e. The summed E-state index contributed by atoms with van der Waals surface area (Å²) in [7, 11) is -7.61. The highest BCUT2D eigenvalue weighted by Crippen LogP contribution is 2.56. The number of azide groups is 1. The Morgan fingerprint density at radius 3 is 1.33 bits per heavy atom. The number of fused-ring (bicyclic) bond motifs is 1. The number of hydrogen-bond donors (Lipinski definition) is 1. The minimum absolute atomic E-state index is 0.0366. The van der Waals surface area contributed by atoms with Crippen LogP contribution in [0, 0.1) is 41.4 Å². The number of ether oxygens (including phenoxy) is 8. The minimum atomic E-state index is -4.77. The maximum atomic E-state index is 16.1. The van der Waals surface area contributed by atoms with Crippen LogP contribution < -0.4 is 5.32 Å². The number of hydrogen-bond acceptors (Lipinski definition) is 19. The van der Waals surface area contributed by atoms with Gasteiger partial charge in [-0.3, -0.25) is 37.5 Å². The van der Waals surface area contributed by atoms with E-state index in [1.165, 1.54) is 109 Å². The minimum Gasteiger partial charge on any atom is -0.461 e. The van der Waals surface area contributed by atoms with Gasteiger partial charge in [0.05, 0.1) is 63.8 Å². The van der Waals surface area contributed by atoms with E-state index in [4.69, 9.17) is 55.9 Å². The fourth-order valence-electron chi connectivity index (χ4n) is 17.6. The Balaban J connectivity index is 1.72. The van der Waals surface area contributed by atoms with Crippen molar-refractivity contribution < 1.29 is 84.4 Å². The van der Waals surface area contributed by atoms with Gasteiger partial charge in [0.2, 0.25) is 5.91 Å². The maximum absolute atomic E-state index is 16.1. The average Bonchev–Trinajstić information content (AvgIpc) is 1.57. The van der Waals surface area contributed by atoms with Crippen molar-refractivity contribution >= 4 is 45.9 Å². The van der Waals surface area contributed by atoms with E-state index >= 15 is 14.2 Å². The molecule has 3 aliphatic heterocycles. The molecule has 1 amide bonds. The van der Waals surface area contributed by atoms with Crippen LogP contribution in [0.25, 0.3) is 10.4 Å². The van der Waals surface area contributed by atoms with Gasteiger partial charge in [-0.1, -0.05) is 420 Å². The second-order valence-corrected chi connectivity index (χ2v) is 46.8. The number of benzene rings is 2. The number of esters is 4. The lowest BCUT2D eigenvalue weighted by Crippen LogP contribution is -2.67. The van der Waals surface area contributed by atoms with Gasteiger partial charge >= 0.3 is 31.7 Å². The Morgan fingerprint density at radius 1 is 0.488 bits per heavy atom. The summed E-state index contributed by atoms with van der Waals surface area (Å²) in [6, 6.07) is 14.2. The largest absolute Gasteiger partial charge is 0.475 e. The molecule has 0 aliphatic carbocycles. The van der Waals surface area contributed by atoms with Crippen molar-refractivity contribution in [1.82, 2.24) is 5.32 Å². The first-order chi connectivity index (χ1) is 62.0. The molecule has 22 nitrogen and oxygen atoms in total. The molecule has 3 aliphatic rings. The van der Waals surface area contributed by atoms with Crippen LogP contribution in [0.1, 0.15) is 422 Å². The predicted molar refractivity (Wildman–Crippen MR) is 520 cm³/mol. The molecule has 0 saturated carbocycles. The quantitative estimate of drug-likeness (QED) is 0.00941. The molecule has 2 fully saturated rings. The fourth-order valence-corrected chi connectivity index (χ4v) is 20.1. The molecule has 0 aromatic heterocycles. The van der Waals surface area contributed by atoms with Crippen molar-refractivity contribution in [2.24, 2.45) is 46.5 Å². The molecular formula is C105H183N4O18PSi. The van der Waals surface area contributed by atoms with E-state index in [-0.39, 0.29) is 74.6 Å². The van der Waals surface area contributed by atoms with Gasteiger partial charge in [0, 0.05) is 17.3 Å². The molecule has 740 valence electrons. The summed E-state index contributed by atoms with van der Waals surface area (Å²) >= 11 is 0. The summed E-state index contributed by atoms with van der Waals surface area (Å²) < 4.78 is 97.8. The van der Waals surface area contributed by atoms with Crippen LogP contribution in [0.3, 0.4) is 0 Å². The number of unbranched alkanes of at least 4 members (excludes halogenated alkanes) is 34. The summed E-state index contributed by atoms with van der Waals surface area (Å²) in [5.41, 5.74) is 12.7. The molecule has 2 aromatic carbocycles. The highest BCUT2D eigenvalue weighted by atomic mass is 31.2. The summed E-state index contributed by atoms with van der Waals surface area (Å²) in [5.74, 6) is -4.83. The zero-order valence-corrected chi connectivity index (χ0v) is 85.9. The van der Waals surface area contributed by atoms with Crippen molar-refractivity contribution in [1.29, 1.82) is 0 Å². The van der Waals surface area contributed by atoms with Crippen LogP contribution in [0.4, 0.5) is 0 Å². The number of carbonyl (C=O) groups is 5. The Labute approximate surface area is 783 Å². The molecule has 0 radical (unpaired) electrons. The van der Waals surface area contributed by atoms with Crippen LogP contribution in [0.2, 0.25) is 18.1 Å². The van der Waals surface area contributed by atoms with Gasteiger partial charge in [-0.15, -0.1) is 0 Å². The van der Waals surface area contributed by atoms with E-state index in [9.17, 15) is 19.9 Å². The zero-order chi connectivity index (χ0) is 94.3. The molecule has 2 aromatic rings. The summed E-state index contributed by atoms with van der Waals surface area (Å²) in [5, 5.41) is 7.22. The second-order valence-electron chi connectivity index (χ2n) is 40.4. The SMILES string of the molecule is CCCCCCCCCCCC(C)C(=O)O[C@@H](CC(=O)NC1[C@H](OCC2O[C@@H](O[Si](C)(C)C(C)(C)C)C(N=[N+]=[N-])[C@@H](OC(=O)C[C@H](C)C(C)CCCCCCCCC)[C@@H]2C)OC(COCc2ccccc2)[C@@H](OP2(=O)OCc3ccccc3CO2)[C@@H]1OC(=O)C[C@H](OC(=O)C(C)CCCCCCCCCCC)C(C)CCCCCCCCC)C(C)CCCCCCCCC. The molecule has 3 heterocycles. The van der Waals surface area contributed by atoms with E-state index in [0.717, 1.165) is 153 Å². The Kier molecular flexibility index (Phi) is 58.5. The van der Waals surface area contributed by atoms with E-state index in [2.05, 4.69) is 97.7 Å². The van der Waals surface area contributed by atoms with Crippen LogP contribution in [0.5, 0.6) is 0 Å². The number of nitrogens with one attached hydrogen (secondary N) is 1. The number of rotatable bonds is 72. The highest BCUT2D eigenvalue weighted by Gasteiger charge is 2.56. The zero-order valence-electron chi connectivity index (χ0n) is 84.0. The van der Waals surface area contributed by atoms with Gasteiger partial charge in [0.15, 0.2) is 27.0 Å². The van der Waals surface area contributed by atoms with Crippen LogP contribution in [-0.2, 0) is 104 Å². The molecule has 5 rings (SSSR count). The number of nitrogens with zero attached hydrogens (tertiary/aromatic N) is 3. The van der Waals surface area contributed by atoms with Gasteiger partial charge < -0.3 is 47.6 Å². The molecule has 1 N–H and O–H groups in total. The molecule has 2 saturated heterocycles. The van der Waals surface area contributed by atoms with Gasteiger partial charge in [0.1, 0.15) is 42.6 Å². The lowest BCUT2D eigenvalue weighted by molar-refractivity contribution is -0.292. The van der Waals surface area contributed by atoms with Gasteiger partial charge in [-0.25, -0.2) is 4.57 Å². The topological polar surface area (TPSA) is 274 Å². The average molecular weight is 1850 g/mol. The van der Waals surface area contributed by atoms with Crippen molar-refractivity contribution in [2.45, 2.75) is 511 Å². The molecule has 18 atom stereocenters. The van der Waals surface area contributed by atoms with Gasteiger partial charge in [0.25, 0.3) is 0 Å². The first-order valence-corrected chi connectivity index (χ1v) is 56.4. The summed E-state index contributed by atoms with van der Waals surface area (Å²) in [6.45, 7) is 34.5. The van der Waals surface area contributed by atoms with Crippen molar-refractivity contribution in [2.75, 3.05) is 13.2 Å². The second kappa shape index (κ2) is 65.8. The normalized spacial score (nSPS) is 21.9. The van der Waals surface area contributed by atoms with E-state index in [1.807, 2.05) is 89.2 Å². The molecule has 0 bridgehead atoms. The van der Waals surface area contributed by atoms with Gasteiger partial charge in [-0.2, -0.15) is 0 Å². The molecular weight excluding hydrogens is 1660 g/mol. The van der Waals surface area contributed by atoms with E-state index in [1.54, 1.807) is 0 Å². The summed E-state index contributed by atoms with van der Waals surface area (Å²) in [6.07, 6.45) is 34.9. The predicted octanol–water partition coefficient (Wildman–Crippen LogP) is 28.6. The standard InChI is InChI=1S/C105H183N4O18PSi/c1-18-23-28-33-38-40-45-50-56-65-82(9)101(113)120-89(80(7)63-54-48-43-36-31-26-21-4)72-93(110)107-96-100(125-95(112)73-90(81(8)64-55-49-44-37-32-27-22-5)121-102(114)83(10)66-57-51-46-41-39-34-29-24-19-2)99(126-128(115)118-75-87-69-60-61-70-88(87)76-119-128)92(77-116-74-86-67-58-52-59-68-86)123-103(96)117-78-91-85(12)98(97(108-109-106)104(122-91)127-129(16,17)105(13,14)15)124-94(111)71-84(11)79(6)62-53-47-42-35-30-25-20-3/h52,58-61,67-70,79-85,89-92,96-100,103-104H,18-51,53-57,62-66,71-78H2,1-17H3,(H,107,110)/t79?,80?,81?,82?,83?,84-,85+,89-,90-,91?,92?,96?,97?,98-,99+,100+,103+,104-/m0/s1. The molecule has 129 heavy (non-hydrogen) atoms. The van der Waals surface area contributed by atoms with Crippen LogP contribution >= 0.6 is 7.82 Å². The van der Waals surface area contributed by atoms with E-state index in [0.29, 0.717) is 36.8 Å². The lowest BCUT2D eigenvalue weighted by Gasteiger charge is -2.49. The lowest BCUT2D eigenvalue weighted by atomic mass is 9.87. The van der Waals surface area contributed by atoms with E-state index < -0.39 is 137 Å². The van der Waals surface area contributed by atoms with Crippen molar-refractivity contribution in [3.63, 3.8) is 0 Å². The summed E-state index contributed by atoms with van der Waals surface area (Å²) in [4.78, 5) is 79.7. The van der Waals surface area contributed by atoms with Crippen LogP contribution in [0.15, 0.2) is 59.7 Å². The Morgan fingerprint density at radius 2 is 0.884 bits per heavy atom. The third kappa shape index (κ3) is 45.2. The third-order valence-corrected chi connectivity index (χ3v) is 33.8. The van der Waals surface area contributed by atoms with Crippen LogP contribution in [-0.4, -0.2) is 119 Å². The first kappa shape index (κ1) is 115. The highest BCUT2D eigenvalue weighted by molar-refractivity contribution is 7.48. The van der Waals surface area contributed by atoms with Crippen molar-refractivity contribution in [3.05, 3.63) is 81.7 Å².